The zero-order chi connectivity index (χ0) is 18.3. The molecule has 136 valence electrons. The zero-order valence-electron chi connectivity index (χ0n) is 15.0. The Morgan fingerprint density at radius 1 is 1.19 bits per heavy atom. The maximum Gasteiger partial charge on any atom is 0.243 e. The third kappa shape index (κ3) is 2.81. The molecule has 0 radical (unpaired) electrons. The molecule has 0 aliphatic carbocycles. The van der Waals surface area contributed by atoms with Crippen LogP contribution in [0, 0.1) is 0 Å². The van der Waals surface area contributed by atoms with Crippen LogP contribution in [0.5, 0.6) is 0 Å². The molecule has 3 heterocycles. The lowest BCUT2D eigenvalue weighted by Gasteiger charge is -2.17. The van der Waals surface area contributed by atoms with Crippen molar-refractivity contribution in [3.63, 3.8) is 0 Å². The van der Waals surface area contributed by atoms with Gasteiger partial charge >= 0.3 is 0 Å². The molecule has 6 nitrogen and oxygen atoms in total. The van der Waals surface area contributed by atoms with Crippen LogP contribution < -0.4 is 0 Å². The van der Waals surface area contributed by atoms with Crippen LogP contribution in [0.15, 0.2) is 47.5 Å². The Morgan fingerprint density at radius 3 is 2.65 bits per heavy atom. The number of sulfonamides is 1. The molecule has 1 atom stereocenters. The lowest BCUT2D eigenvalue weighted by molar-refractivity contribution is 0.470. The van der Waals surface area contributed by atoms with E-state index in [2.05, 4.69) is 16.9 Å². The molecule has 1 aromatic carbocycles. The SMILES string of the molecule is CCc1ccc(S(=O)(=O)N2CC[C@H](c3nc4cccnc4n3C)C2)cc1. The number of aromatic nitrogens is 3. The molecule has 2 aromatic heterocycles. The van der Waals surface area contributed by atoms with Gasteiger partial charge in [0.1, 0.15) is 11.3 Å². The lowest BCUT2D eigenvalue weighted by atomic mass is 10.1. The highest BCUT2D eigenvalue weighted by atomic mass is 32.2. The van der Waals surface area contributed by atoms with Crippen molar-refractivity contribution in [1.82, 2.24) is 18.8 Å². The van der Waals surface area contributed by atoms with Gasteiger partial charge in [-0.1, -0.05) is 19.1 Å². The molecule has 7 heteroatoms. The first-order valence-corrected chi connectivity index (χ1v) is 10.3. The Morgan fingerprint density at radius 2 is 1.96 bits per heavy atom. The summed E-state index contributed by atoms with van der Waals surface area (Å²) < 4.78 is 29.5. The molecule has 1 aliphatic heterocycles. The number of imidazole rings is 1. The van der Waals surface area contributed by atoms with Gasteiger partial charge < -0.3 is 4.57 Å². The molecule has 0 spiro atoms. The molecule has 1 saturated heterocycles. The second-order valence-electron chi connectivity index (χ2n) is 6.72. The third-order valence-corrected chi connectivity index (χ3v) is 7.03. The number of fused-ring (bicyclic) bond motifs is 1. The van der Waals surface area contributed by atoms with Gasteiger partial charge in [-0.2, -0.15) is 4.31 Å². The fourth-order valence-corrected chi connectivity index (χ4v) is 5.11. The van der Waals surface area contributed by atoms with Crippen LogP contribution in [-0.2, 0) is 23.5 Å². The van der Waals surface area contributed by atoms with Gasteiger partial charge in [-0.25, -0.2) is 18.4 Å². The van der Waals surface area contributed by atoms with Crippen LogP contribution in [0.3, 0.4) is 0 Å². The number of rotatable bonds is 4. The molecular formula is C19H22N4O2S. The Hall–Kier alpha value is -2.25. The quantitative estimate of drug-likeness (QED) is 0.708. The largest absolute Gasteiger partial charge is 0.316 e. The first-order valence-electron chi connectivity index (χ1n) is 8.87. The van der Waals surface area contributed by atoms with Crippen LogP contribution in [-0.4, -0.2) is 40.3 Å². The van der Waals surface area contributed by atoms with Gasteiger partial charge in [0.25, 0.3) is 0 Å². The molecule has 0 unspecified atom stereocenters. The summed E-state index contributed by atoms with van der Waals surface area (Å²) in [6.45, 7) is 3.02. The van der Waals surface area contributed by atoms with E-state index in [-0.39, 0.29) is 5.92 Å². The fraction of sp³-hybridized carbons (Fsp3) is 0.368. The van der Waals surface area contributed by atoms with E-state index in [0.29, 0.717) is 18.0 Å². The molecule has 4 rings (SSSR count). The van der Waals surface area contributed by atoms with E-state index in [1.807, 2.05) is 35.9 Å². The van der Waals surface area contributed by atoms with Gasteiger partial charge in [0.15, 0.2) is 5.65 Å². The van der Waals surface area contributed by atoms with Gasteiger partial charge in [-0.3, -0.25) is 0 Å². The Kier molecular flexibility index (Phi) is 4.28. The molecular weight excluding hydrogens is 348 g/mol. The van der Waals surface area contributed by atoms with Crippen LogP contribution in [0.4, 0.5) is 0 Å². The summed E-state index contributed by atoms with van der Waals surface area (Å²) in [5, 5.41) is 0. The van der Waals surface area contributed by atoms with Crippen molar-refractivity contribution in [2.45, 2.75) is 30.6 Å². The minimum Gasteiger partial charge on any atom is -0.316 e. The van der Waals surface area contributed by atoms with E-state index < -0.39 is 10.0 Å². The smallest absolute Gasteiger partial charge is 0.243 e. The second kappa shape index (κ2) is 6.48. The summed E-state index contributed by atoms with van der Waals surface area (Å²) in [6, 6.07) is 11.0. The summed E-state index contributed by atoms with van der Waals surface area (Å²) >= 11 is 0. The topological polar surface area (TPSA) is 68.1 Å². The van der Waals surface area contributed by atoms with Crippen LogP contribution in [0.1, 0.15) is 30.7 Å². The zero-order valence-corrected chi connectivity index (χ0v) is 15.8. The summed E-state index contributed by atoms with van der Waals surface area (Å²) in [6.07, 6.45) is 3.41. The number of hydrogen-bond donors (Lipinski definition) is 0. The lowest BCUT2D eigenvalue weighted by Crippen LogP contribution is -2.29. The number of aryl methyl sites for hydroxylation is 2. The standard InChI is InChI=1S/C19H22N4O2S/c1-3-14-6-8-16(9-7-14)26(24,25)23-12-10-15(13-23)18-21-17-5-4-11-20-19(17)22(18)2/h4-9,11,15H,3,10,12-13H2,1-2H3/t15-/m0/s1. The van der Waals surface area contributed by atoms with Gasteiger partial charge in [0, 0.05) is 32.3 Å². The van der Waals surface area contributed by atoms with Crippen molar-refractivity contribution in [2.24, 2.45) is 7.05 Å². The van der Waals surface area contributed by atoms with Crippen molar-refractivity contribution in [3.8, 4) is 0 Å². The highest BCUT2D eigenvalue weighted by Crippen LogP contribution is 2.31. The van der Waals surface area contributed by atoms with Gasteiger partial charge in [0.05, 0.1) is 4.90 Å². The highest BCUT2D eigenvalue weighted by Gasteiger charge is 2.35. The maximum absolute atomic E-state index is 13.0. The molecule has 1 aliphatic rings. The predicted molar refractivity (Wildman–Crippen MR) is 100 cm³/mol. The van der Waals surface area contributed by atoms with E-state index in [9.17, 15) is 8.42 Å². The van der Waals surface area contributed by atoms with Crippen molar-refractivity contribution in [1.29, 1.82) is 0 Å². The molecule has 3 aromatic rings. The third-order valence-electron chi connectivity index (χ3n) is 5.15. The van der Waals surface area contributed by atoms with Gasteiger partial charge in [0.2, 0.25) is 10.0 Å². The van der Waals surface area contributed by atoms with E-state index in [1.54, 1.807) is 22.6 Å². The number of nitrogens with zero attached hydrogens (tertiary/aromatic N) is 4. The summed E-state index contributed by atoms with van der Waals surface area (Å²) in [5.74, 6) is 0.983. The Balaban J connectivity index is 1.60. The molecule has 0 bridgehead atoms. The summed E-state index contributed by atoms with van der Waals surface area (Å²) in [4.78, 5) is 9.42. The Bertz CT molecular complexity index is 1040. The number of hydrogen-bond acceptors (Lipinski definition) is 4. The van der Waals surface area contributed by atoms with E-state index >= 15 is 0 Å². The normalized spacial score (nSPS) is 18.6. The second-order valence-corrected chi connectivity index (χ2v) is 8.66. The van der Waals surface area contributed by atoms with Crippen LogP contribution in [0.25, 0.3) is 11.2 Å². The minimum atomic E-state index is -3.47. The van der Waals surface area contributed by atoms with Crippen molar-refractivity contribution < 1.29 is 8.42 Å². The number of benzene rings is 1. The molecule has 0 amide bonds. The molecule has 0 saturated carbocycles. The van der Waals surface area contributed by atoms with Gasteiger partial charge in [-0.05, 0) is 42.7 Å². The molecule has 0 N–H and O–H groups in total. The average molecular weight is 370 g/mol. The van der Waals surface area contributed by atoms with E-state index in [1.165, 1.54) is 0 Å². The van der Waals surface area contributed by atoms with Gasteiger partial charge in [-0.15, -0.1) is 0 Å². The summed E-state index contributed by atoms with van der Waals surface area (Å²) in [5.41, 5.74) is 2.82. The van der Waals surface area contributed by atoms with Crippen molar-refractivity contribution >= 4 is 21.2 Å². The number of pyridine rings is 1. The van der Waals surface area contributed by atoms with Crippen molar-refractivity contribution in [3.05, 3.63) is 54.0 Å². The average Bonchev–Trinajstić information content (AvgIpc) is 3.28. The van der Waals surface area contributed by atoms with Crippen LogP contribution in [0.2, 0.25) is 0 Å². The van der Waals surface area contributed by atoms with E-state index in [4.69, 9.17) is 0 Å². The Labute approximate surface area is 153 Å². The van der Waals surface area contributed by atoms with Crippen molar-refractivity contribution in [2.75, 3.05) is 13.1 Å². The monoisotopic (exact) mass is 370 g/mol. The fourth-order valence-electron chi connectivity index (χ4n) is 3.61. The maximum atomic E-state index is 13.0. The first kappa shape index (κ1) is 17.2. The highest BCUT2D eigenvalue weighted by molar-refractivity contribution is 7.89. The minimum absolute atomic E-state index is 0.0823. The molecule has 1 fully saturated rings. The predicted octanol–water partition coefficient (Wildman–Crippen LogP) is 2.71. The van der Waals surface area contributed by atoms with E-state index in [0.717, 1.165) is 35.4 Å². The molecule has 26 heavy (non-hydrogen) atoms. The first-order chi connectivity index (χ1) is 12.5. The summed E-state index contributed by atoms with van der Waals surface area (Å²) in [7, 11) is -1.52. The van der Waals surface area contributed by atoms with Crippen LogP contribution >= 0.6 is 0 Å².